The van der Waals surface area contributed by atoms with E-state index in [0.717, 1.165) is 6.08 Å². The van der Waals surface area contributed by atoms with E-state index in [4.69, 9.17) is 4.55 Å². The summed E-state index contributed by atoms with van der Waals surface area (Å²) in [7, 11) is -4.07. The molecule has 0 fully saturated rings. The maximum Gasteiger partial charge on any atom is 0.365 e. The van der Waals surface area contributed by atoms with Gasteiger partial charge in [-0.1, -0.05) is 6.58 Å². The molecule has 0 bridgehead atoms. The molecule has 6 nitrogen and oxygen atoms in total. The van der Waals surface area contributed by atoms with Crippen LogP contribution in [0.15, 0.2) is 12.7 Å². The normalized spacial score (nSPS) is 9.92. The second-order valence-electron chi connectivity index (χ2n) is 1.71. The van der Waals surface area contributed by atoms with Crippen molar-refractivity contribution in [3.05, 3.63) is 12.7 Å². The Balaban J connectivity index is 0. The first-order chi connectivity index (χ1) is 5.45. The van der Waals surface area contributed by atoms with Crippen molar-refractivity contribution in [2.45, 2.75) is 0 Å². The van der Waals surface area contributed by atoms with Crippen LogP contribution in [0.4, 0.5) is 0 Å². The maximum atomic E-state index is 10.3. The Morgan fingerprint density at radius 3 is 2.46 bits per heavy atom. The fraction of sp³-hybridized carbons (Fsp3) is 0.400. The van der Waals surface area contributed by atoms with Gasteiger partial charge in [-0.25, -0.2) is 4.79 Å². The molecule has 0 heterocycles. The SMILES string of the molecule is C=CC(=O)OOCCS(=O)(=O)O.[Na]. The monoisotopic (exact) mass is 219 g/mol. The summed E-state index contributed by atoms with van der Waals surface area (Å²) in [5.41, 5.74) is 0. The Hall–Kier alpha value is 0.0800. The molecule has 1 radical (unpaired) electrons. The Bertz CT molecular complexity index is 258. The van der Waals surface area contributed by atoms with Crippen molar-refractivity contribution < 1.29 is 27.5 Å². The molecule has 0 rings (SSSR count). The maximum absolute atomic E-state index is 10.3. The summed E-state index contributed by atoms with van der Waals surface area (Å²) in [6, 6.07) is 0. The van der Waals surface area contributed by atoms with Gasteiger partial charge in [-0.15, -0.1) is 0 Å². The fourth-order valence-electron chi connectivity index (χ4n) is 0.273. The summed E-state index contributed by atoms with van der Waals surface area (Å²) < 4.78 is 28.3. The Kier molecular flexibility index (Phi) is 8.95. The molecule has 0 aromatic heterocycles. The van der Waals surface area contributed by atoms with Crippen LogP contribution in [0, 0.1) is 0 Å². The fourth-order valence-corrected chi connectivity index (χ4v) is 0.552. The van der Waals surface area contributed by atoms with Crippen LogP contribution in [0.1, 0.15) is 0 Å². The van der Waals surface area contributed by atoms with E-state index in [1.807, 2.05) is 0 Å². The van der Waals surface area contributed by atoms with E-state index in [1.54, 1.807) is 0 Å². The minimum Gasteiger partial charge on any atom is -0.294 e. The largest absolute Gasteiger partial charge is 0.365 e. The van der Waals surface area contributed by atoms with Crippen LogP contribution in [0.3, 0.4) is 0 Å². The van der Waals surface area contributed by atoms with Crippen LogP contribution in [0.25, 0.3) is 0 Å². The van der Waals surface area contributed by atoms with Crippen molar-refractivity contribution in [1.29, 1.82) is 0 Å². The molecule has 1 N–H and O–H groups in total. The Labute approximate surface area is 97.9 Å². The molecule has 0 spiro atoms. The van der Waals surface area contributed by atoms with Crippen molar-refractivity contribution in [3.8, 4) is 0 Å². The van der Waals surface area contributed by atoms with Crippen molar-refractivity contribution in [2.75, 3.05) is 12.4 Å². The molecule has 0 aromatic carbocycles. The molecule has 0 unspecified atom stereocenters. The third-order valence-corrected chi connectivity index (χ3v) is 1.41. The third kappa shape index (κ3) is 12.1. The minimum atomic E-state index is -4.07. The van der Waals surface area contributed by atoms with E-state index in [9.17, 15) is 13.2 Å². The molecule has 71 valence electrons. The van der Waals surface area contributed by atoms with Gasteiger partial charge in [0.05, 0.1) is 0 Å². The predicted octanol–water partition coefficient (Wildman–Crippen LogP) is -0.846. The second kappa shape index (κ2) is 7.48. The number of hydrogen-bond acceptors (Lipinski definition) is 5. The van der Waals surface area contributed by atoms with Gasteiger partial charge in [0.1, 0.15) is 12.4 Å². The topological polar surface area (TPSA) is 89.9 Å². The molecule has 0 aromatic rings. The quantitative estimate of drug-likeness (QED) is 0.162. The summed E-state index contributed by atoms with van der Waals surface area (Å²) in [6.07, 6.45) is 0.855. The summed E-state index contributed by atoms with van der Waals surface area (Å²) >= 11 is 0. The zero-order valence-electron chi connectivity index (χ0n) is 7.10. The van der Waals surface area contributed by atoms with Crippen molar-refractivity contribution in [2.24, 2.45) is 0 Å². The van der Waals surface area contributed by atoms with E-state index in [0.29, 0.717) is 0 Å². The first-order valence-corrected chi connectivity index (χ1v) is 4.47. The van der Waals surface area contributed by atoms with Gasteiger partial charge < -0.3 is 0 Å². The second-order valence-corrected chi connectivity index (χ2v) is 3.29. The Morgan fingerprint density at radius 2 is 2.08 bits per heavy atom. The van der Waals surface area contributed by atoms with Gasteiger partial charge in [-0.3, -0.25) is 9.44 Å². The van der Waals surface area contributed by atoms with Gasteiger partial charge in [0.2, 0.25) is 0 Å². The van der Waals surface area contributed by atoms with Crippen LogP contribution in [-0.4, -0.2) is 60.9 Å². The Morgan fingerprint density at radius 1 is 1.54 bits per heavy atom. The summed E-state index contributed by atoms with van der Waals surface area (Å²) in [5, 5.41) is 0. The van der Waals surface area contributed by atoms with Gasteiger partial charge in [0.15, 0.2) is 0 Å². The van der Waals surface area contributed by atoms with E-state index < -0.39 is 28.4 Å². The molecular weight excluding hydrogens is 211 g/mol. The minimum absolute atomic E-state index is 0. The van der Waals surface area contributed by atoms with E-state index in [-0.39, 0.29) is 29.6 Å². The molecule has 0 aliphatic heterocycles. The van der Waals surface area contributed by atoms with Gasteiger partial charge >= 0.3 is 5.97 Å². The van der Waals surface area contributed by atoms with Crippen molar-refractivity contribution in [1.82, 2.24) is 0 Å². The van der Waals surface area contributed by atoms with Crippen molar-refractivity contribution in [3.63, 3.8) is 0 Å². The van der Waals surface area contributed by atoms with E-state index >= 15 is 0 Å². The first-order valence-electron chi connectivity index (χ1n) is 2.87. The zero-order chi connectivity index (χ0) is 9.61. The van der Waals surface area contributed by atoms with Crippen LogP contribution in [0.5, 0.6) is 0 Å². The third-order valence-electron chi connectivity index (χ3n) is 0.732. The molecule has 0 atom stereocenters. The predicted molar refractivity (Wildman–Crippen MR) is 44.4 cm³/mol. The van der Waals surface area contributed by atoms with Crippen LogP contribution < -0.4 is 0 Å². The summed E-state index contributed by atoms with van der Waals surface area (Å²) in [5.74, 6) is -1.46. The molecule has 13 heavy (non-hydrogen) atoms. The van der Waals surface area contributed by atoms with Gasteiger partial charge in [0.25, 0.3) is 10.1 Å². The molecule has 8 heteroatoms. The molecule has 0 saturated carbocycles. The standard InChI is InChI=1S/C5H8O6S.Na/c1-2-5(6)11-10-3-4-12(7,8)9;/h2H,1,3-4H2,(H,7,8,9);. The van der Waals surface area contributed by atoms with Gasteiger partial charge in [0, 0.05) is 35.6 Å². The number of carbonyl (C=O) groups is 1. The van der Waals surface area contributed by atoms with Crippen LogP contribution in [-0.2, 0) is 24.7 Å². The molecule has 0 aliphatic rings. The molecule has 0 amide bonds. The van der Waals surface area contributed by atoms with Crippen LogP contribution in [0.2, 0.25) is 0 Å². The smallest absolute Gasteiger partial charge is 0.294 e. The molecule has 0 aliphatic carbocycles. The van der Waals surface area contributed by atoms with E-state index in [1.165, 1.54) is 0 Å². The van der Waals surface area contributed by atoms with Gasteiger partial charge in [-0.05, 0) is 0 Å². The summed E-state index contributed by atoms with van der Waals surface area (Å²) in [6.45, 7) is 2.65. The zero-order valence-corrected chi connectivity index (χ0v) is 9.91. The van der Waals surface area contributed by atoms with E-state index in [2.05, 4.69) is 16.4 Å². The molecular formula is C5H8NaO6S. The number of carbonyl (C=O) groups excluding carboxylic acids is 1. The summed E-state index contributed by atoms with van der Waals surface area (Å²) in [4.78, 5) is 18.3. The van der Waals surface area contributed by atoms with Gasteiger partial charge in [-0.2, -0.15) is 13.3 Å². The first kappa shape index (κ1) is 15.5. The molecule has 0 saturated heterocycles. The number of hydrogen-bond donors (Lipinski definition) is 1. The average molecular weight is 219 g/mol. The van der Waals surface area contributed by atoms with Crippen molar-refractivity contribution >= 4 is 45.6 Å². The number of rotatable bonds is 5. The van der Waals surface area contributed by atoms with Crippen LogP contribution >= 0.6 is 0 Å². The average Bonchev–Trinajstić information content (AvgIpc) is 1.96.